The predicted molar refractivity (Wildman–Crippen MR) is 126 cm³/mol. The van der Waals surface area contributed by atoms with E-state index in [1.54, 1.807) is 12.1 Å². The second kappa shape index (κ2) is 9.36. The normalized spacial score (nSPS) is 13.8. The fraction of sp³-hybridized carbons (Fsp3) is 0.192. The van der Waals surface area contributed by atoms with Crippen molar-refractivity contribution in [3.63, 3.8) is 0 Å². The summed E-state index contributed by atoms with van der Waals surface area (Å²) in [6.07, 6.45) is -0.723. The molecule has 0 heterocycles. The lowest BCUT2D eigenvalue weighted by molar-refractivity contribution is -0.155. The minimum Gasteiger partial charge on any atom is -0.479 e. The second-order valence-corrected chi connectivity index (χ2v) is 8.26. The SMILES string of the molecule is CC(O)(CNC(=O)c1ccccc1NC(=O)OCC1c2ccccc2-c2ccccc21)C(=O)O. The van der Waals surface area contributed by atoms with Crippen molar-refractivity contribution in [3.05, 3.63) is 89.5 Å². The Hall–Kier alpha value is -4.17. The van der Waals surface area contributed by atoms with Gasteiger partial charge in [0.2, 0.25) is 0 Å². The number of amides is 2. The van der Waals surface area contributed by atoms with E-state index in [2.05, 4.69) is 10.6 Å². The standard InChI is InChI=1S/C26H24N2O6/c1-26(33,24(30)31)15-27-23(29)20-12-6-7-13-22(20)28-25(32)34-14-21-18-10-4-2-8-16(18)17-9-3-5-11-19(17)21/h2-13,21,33H,14-15H2,1H3,(H,27,29)(H,28,32)(H,30,31). The first-order valence-electron chi connectivity index (χ1n) is 10.7. The van der Waals surface area contributed by atoms with E-state index in [-0.39, 0.29) is 23.8 Å². The van der Waals surface area contributed by atoms with Crippen molar-refractivity contribution in [1.82, 2.24) is 5.32 Å². The topological polar surface area (TPSA) is 125 Å². The Labute approximate surface area is 196 Å². The number of carboxylic acids is 1. The smallest absolute Gasteiger partial charge is 0.411 e. The molecule has 2 amide bonds. The Balaban J connectivity index is 1.43. The van der Waals surface area contributed by atoms with Crippen LogP contribution in [0, 0.1) is 0 Å². The quantitative estimate of drug-likeness (QED) is 0.427. The highest BCUT2D eigenvalue weighted by atomic mass is 16.5. The molecule has 1 atom stereocenters. The van der Waals surface area contributed by atoms with E-state index in [4.69, 9.17) is 9.84 Å². The summed E-state index contributed by atoms with van der Waals surface area (Å²) >= 11 is 0. The van der Waals surface area contributed by atoms with Gasteiger partial charge in [0, 0.05) is 5.92 Å². The highest BCUT2D eigenvalue weighted by molar-refractivity contribution is 6.02. The van der Waals surface area contributed by atoms with Gasteiger partial charge in [0.05, 0.1) is 17.8 Å². The molecule has 0 aliphatic heterocycles. The van der Waals surface area contributed by atoms with E-state index in [1.165, 1.54) is 12.1 Å². The van der Waals surface area contributed by atoms with Crippen molar-refractivity contribution in [2.75, 3.05) is 18.5 Å². The average Bonchev–Trinajstić information content (AvgIpc) is 3.15. The molecule has 3 aromatic carbocycles. The zero-order valence-corrected chi connectivity index (χ0v) is 18.4. The van der Waals surface area contributed by atoms with E-state index in [9.17, 15) is 19.5 Å². The number of para-hydroxylation sites is 1. The molecule has 1 aliphatic rings. The lowest BCUT2D eigenvalue weighted by atomic mass is 9.98. The number of carbonyl (C=O) groups excluding carboxylic acids is 2. The molecule has 0 saturated heterocycles. The number of nitrogens with one attached hydrogen (secondary N) is 2. The molecular weight excluding hydrogens is 436 g/mol. The number of hydrogen-bond donors (Lipinski definition) is 4. The molecule has 0 radical (unpaired) electrons. The minimum absolute atomic E-state index is 0.102. The molecule has 34 heavy (non-hydrogen) atoms. The molecule has 0 fully saturated rings. The Morgan fingerprint density at radius 3 is 2.09 bits per heavy atom. The summed E-state index contributed by atoms with van der Waals surface area (Å²) in [6.45, 7) is 0.701. The number of carbonyl (C=O) groups is 3. The Morgan fingerprint density at radius 1 is 0.912 bits per heavy atom. The second-order valence-electron chi connectivity index (χ2n) is 8.26. The van der Waals surface area contributed by atoms with Crippen molar-refractivity contribution in [2.45, 2.75) is 18.4 Å². The molecule has 1 aliphatic carbocycles. The largest absolute Gasteiger partial charge is 0.479 e. The predicted octanol–water partition coefficient (Wildman–Crippen LogP) is 3.61. The number of benzene rings is 3. The van der Waals surface area contributed by atoms with E-state index in [0.29, 0.717) is 0 Å². The number of carboxylic acid groups (broad SMARTS) is 1. The van der Waals surface area contributed by atoms with Crippen LogP contribution in [0.2, 0.25) is 0 Å². The fourth-order valence-electron chi connectivity index (χ4n) is 3.96. The third-order valence-corrected chi connectivity index (χ3v) is 5.81. The van der Waals surface area contributed by atoms with Gasteiger partial charge in [-0.2, -0.15) is 0 Å². The zero-order chi connectivity index (χ0) is 24.3. The van der Waals surface area contributed by atoms with Crippen LogP contribution in [0.1, 0.15) is 34.3 Å². The maximum absolute atomic E-state index is 12.6. The molecular formula is C26H24N2O6. The highest BCUT2D eigenvalue weighted by Gasteiger charge is 2.31. The van der Waals surface area contributed by atoms with E-state index < -0.39 is 30.1 Å². The van der Waals surface area contributed by atoms with Crippen LogP contribution in [0.3, 0.4) is 0 Å². The van der Waals surface area contributed by atoms with Gasteiger partial charge >= 0.3 is 12.1 Å². The van der Waals surface area contributed by atoms with Crippen molar-refractivity contribution in [1.29, 1.82) is 0 Å². The van der Waals surface area contributed by atoms with Crippen LogP contribution in [0.5, 0.6) is 0 Å². The molecule has 0 aromatic heterocycles. The first kappa shape index (κ1) is 23.0. The summed E-state index contributed by atoms with van der Waals surface area (Å²) in [7, 11) is 0. The van der Waals surface area contributed by atoms with Crippen molar-refractivity contribution in [2.24, 2.45) is 0 Å². The molecule has 4 rings (SSSR count). The number of fused-ring (bicyclic) bond motifs is 3. The molecule has 0 spiro atoms. The summed E-state index contributed by atoms with van der Waals surface area (Å²) in [6, 6.07) is 22.2. The summed E-state index contributed by atoms with van der Waals surface area (Å²) in [4.78, 5) is 36.2. The van der Waals surface area contributed by atoms with Gasteiger partial charge in [-0.25, -0.2) is 9.59 Å². The number of rotatable bonds is 7. The number of ether oxygens (including phenoxy) is 1. The molecule has 8 nitrogen and oxygen atoms in total. The van der Waals surface area contributed by atoms with Crippen LogP contribution in [0.15, 0.2) is 72.8 Å². The van der Waals surface area contributed by atoms with Gasteiger partial charge in [0.1, 0.15) is 6.61 Å². The summed E-state index contributed by atoms with van der Waals surface area (Å²) in [5.41, 5.74) is 2.59. The highest BCUT2D eigenvalue weighted by Crippen LogP contribution is 2.44. The van der Waals surface area contributed by atoms with Gasteiger partial charge in [0.15, 0.2) is 5.60 Å². The molecule has 4 N–H and O–H groups in total. The lowest BCUT2D eigenvalue weighted by Crippen LogP contribution is -2.46. The van der Waals surface area contributed by atoms with E-state index in [0.717, 1.165) is 29.2 Å². The van der Waals surface area contributed by atoms with Gasteiger partial charge in [-0.1, -0.05) is 60.7 Å². The van der Waals surface area contributed by atoms with Crippen LogP contribution in [-0.4, -0.2) is 46.9 Å². The number of hydrogen-bond acceptors (Lipinski definition) is 5. The van der Waals surface area contributed by atoms with Crippen LogP contribution in [0.4, 0.5) is 10.5 Å². The number of aliphatic carboxylic acids is 1. The Morgan fingerprint density at radius 2 is 1.47 bits per heavy atom. The zero-order valence-electron chi connectivity index (χ0n) is 18.4. The monoisotopic (exact) mass is 460 g/mol. The Bertz CT molecular complexity index is 1210. The maximum atomic E-state index is 12.6. The third kappa shape index (κ3) is 4.62. The van der Waals surface area contributed by atoms with Crippen molar-refractivity contribution < 1.29 is 29.3 Å². The molecule has 0 saturated carbocycles. The average molecular weight is 460 g/mol. The van der Waals surface area contributed by atoms with E-state index >= 15 is 0 Å². The van der Waals surface area contributed by atoms with Gasteiger partial charge in [-0.3, -0.25) is 10.1 Å². The molecule has 3 aromatic rings. The third-order valence-electron chi connectivity index (χ3n) is 5.81. The lowest BCUT2D eigenvalue weighted by Gasteiger charge is -2.19. The van der Waals surface area contributed by atoms with Crippen LogP contribution in [-0.2, 0) is 9.53 Å². The Kier molecular flexibility index (Phi) is 6.34. The molecule has 174 valence electrons. The minimum atomic E-state index is -2.12. The van der Waals surface area contributed by atoms with E-state index in [1.807, 2.05) is 48.5 Å². The fourth-order valence-corrected chi connectivity index (χ4v) is 3.96. The van der Waals surface area contributed by atoms with Crippen LogP contribution in [0.25, 0.3) is 11.1 Å². The van der Waals surface area contributed by atoms with Crippen molar-refractivity contribution >= 4 is 23.7 Å². The summed E-state index contributed by atoms with van der Waals surface area (Å²) in [5.74, 6) is -2.20. The van der Waals surface area contributed by atoms with Crippen LogP contribution < -0.4 is 10.6 Å². The molecule has 0 bridgehead atoms. The summed E-state index contributed by atoms with van der Waals surface area (Å²) < 4.78 is 5.52. The first-order chi connectivity index (χ1) is 16.3. The number of aliphatic hydroxyl groups is 1. The molecule has 8 heteroatoms. The number of anilines is 1. The van der Waals surface area contributed by atoms with Crippen molar-refractivity contribution in [3.8, 4) is 11.1 Å². The first-order valence-corrected chi connectivity index (χ1v) is 10.7. The summed E-state index contributed by atoms with van der Waals surface area (Å²) in [5, 5.41) is 23.8. The molecule has 1 unspecified atom stereocenters. The maximum Gasteiger partial charge on any atom is 0.411 e. The van der Waals surface area contributed by atoms with Gasteiger partial charge < -0.3 is 20.3 Å². The van der Waals surface area contributed by atoms with Gasteiger partial charge in [0.25, 0.3) is 5.91 Å². The van der Waals surface area contributed by atoms with Crippen LogP contribution >= 0.6 is 0 Å². The van der Waals surface area contributed by atoms with Gasteiger partial charge in [-0.15, -0.1) is 0 Å². The van der Waals surface area contributed by atoms with Gasteiger partial charge in [-0.05, 0) is 41.3 Å².